The molecule has 0 spiro atoms. The highest BCUT2D eigenvalue weighted by Gasteiger charge is 2.13. The van der Waals surface area contributed by atoms with E-state index >= 15 is 0 Å². The van der Waals surface area contributed by atoms with Crippen LogP contribution in [0.3, 0.4) is 0 Å². The van der Waals surface area contributed by atoms with Crippen molar-refractivity contribution in [3.8, 4) is 0 Å². The molecule has 2 rings (SSSR count). The first kappa shape index (κ1) is 13.3. The molecule has 0 radical (unpaired) electrons. The van der Waals surface area contributed by atoms with Crippen molar-refractivity contribution in [1.29, 1.82) is 0 Å². The van der Waals surface area contributed by atoms with Crippen LogP contribution in [-0.2, 0) is 6.54 Å². The number of alkyl halides is 2. The van der Waals surface area contributed by atoms with Crippen LogP contribution in [0.2, 0.25) is 10.0 Å². The van der Waals surface area contributed by atoms with Gasteiger partial charge in [-0.05, 0) is 30.7 Å². The highest BCUT2D eigenvalue weighted by molar-refractivity contribution is 6.42. The van der Waals surface area contributed by atoms with E-state index in [4.69, 9.17) is 23.2 Å². The quantitative estimate of drug-likeness (QED) is 0.815. The van der Waals surface area contributed by atoms with Gasteiger partial charge in [0.25, 0.3) is 6.43 Å². The number of rotatable bonds is 3. The van der Waals surface area contributed by atoms with Crippen LogP contribution in [-0.4, -0.2) is 9.78 Å². The van der Waals surface area contributed by atoms with Crippen LogP contribution in [0, 0.1) is 6.92 Å². The highest BCUT2D eigenvalue weighted by Crippen LogP contribution is 2.24. The first-order valence-corrected chi connectivity index (χ1v) is 5.99. The van der Waals surface area contributed by atoms with Crippen molar-refractivity contribution < 1.29 is 8.78 Å². The molecule has 96 valence electrons. The fourth-order valence-corrected chi connectivity index (χ4v) is 1.93. The summed E-state index contributed by atoms with van der Waals surface area (Å²) in [4.78, 5) is 0. The number of aromatic nitrogens is 2. The molecule has 0 aliphatic carbocycles. The van der Waals surface area contributed by atoms with Gasteiger partial charge in [0, 0.05) is 5.69 Å². The lowest BCUT2D eigenvalue weighted by atomic mass is 10.2. The molecule has 0 amide bonds. The Morgan fingerprint density at radius 3 is 2.50 bits per heavy atom. The summed E-state index contributed by atoms with van der Waals surface area (Å²) in [6.45, 7) is 2.12. The lowest BCUT2D eigenvalue weighted by molar-refractivity contribution is 0.145. The van der Waals surface area contributed by atoms with Crippen molar-refractivity contribution in [3.05, 3.63) is 51.3 Å². The smallest absolute Gasteiger partial charge is 0.265 e. The molecule has 0 bridgehead atoms. The molecule has 1 aromatic heterocycles. The van der Waals surface area contributed by atoms with Gasteiger partial charge in [-0.1, -0.05) is 29.3 Å². The second-order valence-electron chi connectivity index (χ2n) is 3.92. The molecule has 0 N–H and O–H groups in total. The van der Waals surface area contributed by atoms with Crippen LogP contribution in [0.1, 0.15) is 23.4 Å². The van der Waals surface area contributed by atoms with Gasteiger partial charge in [-0.25, -0.2) is 8.78 Å². The topological polar surface area (TPSA) is 17.8 Å². The van der Waals surface area contributed by atoms with Gasteiger partial charge in [0.1, 0.15) is 5.69 Å². The van der Waals surface area contributed by atoms with E-state index in [1.807, 2.05) is 0 Å². The van der Waals surface area contributed by atoms with Crippen molar-refractivity contribution >= 4 is 23.2 Å². The summed E-state index contributed by atoms with van der Waals surface area (Å²) in [5, 5.41) is 4.75. The molecular weight excluding hydrogens is 281 g/mol. The first-order valence-electron chi connectivity index (χ1n) is 5.24. The zero-order chi connectivity index (χ0) is 13.3. The SMILES string of the molecule is Cc1cc(C(F)F)nn1Cc1ccc(Cl)c(Cl)c1. The Labute approximate surface area is 113 Å². The molecule has 1 aromatic carbocycles. The molecule has 2 nitrogen and oxygen atoms in total. The van der Waals surface area contributed by atoms with E-state index in [0.717, 1.165) is 5.56 Å². The Morgan fingerprint density at radius 2 is 1.94 bits per heavy atom. The van der Waals surface area contributed by atoms with E-state index in [2.05, 4.69) is 5.10 Å². The molecule has 0 aliphatic rings. The number of hydrogen-bond acceptors (Lipinski definition) is 1. The van der Waals surface area contributed by atoms with Crippen molar-refractivity contribution in [2.24, 2.45) is 0 Å². The fraction of sp³-hybridized carbons (Fsp3) is 0.250. The number of aryl methyl sites for hydroxylation is 1. The van der Waals surface area contributed by atoms with E-state index in [1.165, 1.54) is 10.7 Å². The van der Waals surface area contributed by atoms with Crippen LogP contribution in [0.25, 0.3) is 0 Å². The number of benzene rings is 1. The lowest BCUT2D eigenvalue weighted by Crippen LogP contribution is -2.04. The second kappa shape index (κ2) is 5.24. The first-order chi connectivity index (χ1) is 8.47. The monoisotopic (exact) mass is 290 g/mol. The molecule has 18 heavy (non-hydrogen) atoms. The minimum Gasteiger partial charge on any atom is -0.265 e. The van der Waals surface area contributed by atoms with Gasteiger partial charge in [-0.3, -0.25) is 4.68 Å². The Hall–Kier alpha value is -1.13. The molecule has 0 saturated carbocycles. The maximum Gasteiger partial charge on any atom is 0.282 e. The Kier molecular flexibility index (Phi) is 3.88. The zero-order valence-electron chi connectivity index (χ0n) is 9.50. The number of nitrogens with zero attached hydrogens (tertiary/aromatic N) is 2. The van der Waals surface area contributed by atoms with Gasteiger partial charge in [0.15, 0.2) is 0 Å². The van der Waals surface area contributed by atoms with Crippen molar-refractivity contribution in [2.45, 2.75) is 19.9 Å². The number of halogens is 4. The Bertz CT molecular complexity index is 567. The standard InChI is InChI=1S/C12H10Cl2F2N2/c1-7-4-11(12(15)16)17-18(7)6-8-2-3-9(13)10(14)5-8/h2-5,12H,6H2,1H3. The van der Waals surface area contributed by atoms with Gasteiger partial charge >= 0.3 is 0 Å². The molecule has 0 saturated heterocycles. The van der Waals surface area contributed by atoms with Gasteiger partial charge in [0.2, 0.25) is 0 Å². The Balaban J connectivity index is 2.25. The molecule has 6 heteroatoms. The van der Waals surface area contributed by atoms with Crippen molar-refractivity contribution in [1.82, 2.24) is 9.78 Å². The summed E-state index contributed by atoms with van der Waals surface area (Å²) in [5.74, 6) is 0. The zero-order valence-corrected chi connectivity index (χ0v) is 11.0. The summed E-state index contributed by atoms with van der Waals surface area (Å²) in [7, 11) is 0. The van der Waals surface area contributed by atoms with Crippen molar-refractivity contribution in [3.63, 3.8) is 0 Å². The van der Waals surface area contributed by atoms with E-state index in [1.54, 1.807) is 25.1 Å². The molecule has 2 aromatic rings. The summed E-state index contributed by atoms with van der Waals surface area (Å²) in [6.07, 6.45) is -2.56. The maximum absolute atomic E-state index is 12.5. The summed E-state index contributed by atoms with van der Waals surface area (Å²) in [6, 6.07) is 6.54. The molecule has 0 aliphatic heterocycles. The van der Waals surface area contributed by atoms with Crippen LogP contribution < -0.4 is 0 Å². The highest BCUT2D eigenvalue weighted by atomic mass is 35.5. The van der Waals surface area contributed by atoms with E-state index < -0.39 is 6.43 Å². The van der Waals surface area contributed by atoms with E-state index in [-0.39, 0.29) is 5.69 Å². The van der Waals surface area contributed by atoms with Crippen LogP contribution in [0.5, 0.6) is 0 Å². The molecular formula is C12H10Cl2F2N2. The fourth-order valence-electron chi connectivity index (χ4n) is 1.61. The van der Waals surface area contributed by atoms with E-state index in [0.29, 0.717) is 22.3 Å². The summed E-state index contributed by atoms with van der Waals surface area (Å²) < 4.78 is 26.5. The Morgan fingerprint density at radius 1 is 1.22 bits per heavy atom. The second-order valence-corrected chi connectivity index (χ2v) is 4.73. The molecule has 1 heterocycles. The summed E-state index contributed by atoms with van der Waals surface area (Å²) in [5.41, 5.74) is 1.32. The predicted molar refractivity (Wildman–Crippen MR) is 67.5 cm³/mol. The number of hydrogen-bond donors (Lipinski definition) is 0. The normalized spacial score (nSPS) is 11.2. The van der Waals surface area contributed by atoms with Crippen LogP contribution in [0.15, 0.2) is 24.3 Å². The largest absolute Gasteiger partial charge is 0.282 e. The lowest BCUT2D eigenvalue weighted by Gasteiger charge is -2.05. The minimum absolute atomic E-state index is 0.215. The molecule has 0 atom stereocenters. The van der Waals surface area contributed by atoms with Gasteiger partial charge < -0.3 is 0 Å². The predicted octanol–water partition coefficient (Wildman–Crippen LogP) is 4.48. The third kappa shape index (κ3) is 2.82. The van der Waals surface area contributed by atoms with Crippen LogP contribution >= 0.6 is 23.2 Å². The average Bonchev–Trinajstić information content (AvgIpc) is 2.66. The van der Waals surface area contributed by atoms with Crippen LogP contribution in [0.4, 0.5) is 8.78 Å². The third-order valence-corrected chi connectivity index (χ3v) is 3.28. The average molecular weight is 291 g/mol. The third-order valence-electron chi connectivity index (χ3n) is 2.54. The van der Waals surface area contributed by atoms with Gasteiger partial charge in [0.05, 0.1) is 16.6 Å². The minimum atomic E-state index is -2.56. The van der Waals surface area contributed by atoms with Gasteiger partial charge in [-0.2, -0.15) is 5.10 Å². The summed E-state index contributed by atoms with van der Waals surface area (Å²) >= 11 is 11.7. The molecule has 0 fully saturated rings. The van der Waals surface area contributed by atoms with Gasteiger partial charge in [-0.15, -0.1) is 0 Å². The van der Waals surface area contributed by atoms with Crippen molar-refractivity contribution in [2.75, 3.05) is 0 Å². The molecule has 0 unspecified atom stereocenters. The van der Waals surface area contributed by atoms with E-state index in [9.17, 15) is 8.78 Å². The maximum atomic E-state index is 12.5.